The zero-order valence-corrected chi connectivity index (χ0v) is 13.0. The number of nitro groups is 1. The summed E-state index contributed by atoms with van der Waals surface area (Å²) in [5.41, 5.74) is 0.334. The van der Waals surface area contributed by atoms with Crippen molar-refractivity contribution in [3.63, 3.8) is 0 Å². The van der Waals surface area contributed by atoms with Gasteiger partial charge in [-0.1, -0.05) is 0 Å². The van der Waals surface area contributed by atoms with Crippen LogP contribution in [0.25, 0.3) is 0 Å². The molecule has 8 nitrogen and oxygen atoms in total. The van der Waals surface area contributed by atoms with E-state index in [9.17, 15) is 18.5 Å². The largest absolute Gasteiger partial charge is 0.494 e. The van der Waals surface area contributed by atoms with Crippen LogP contribution in [0.1, 0.15) is 6.92 Å². The van der Waals surface area contributed by atoms with Crippen molar-refractivity contribution >= 4 is 21.4 Å². The van der Waals surface area contributed by atoms with Gasteiger partial charge in [0.15, 0.2) is 0 Å². The van der Waals surface area contributed by atoms with Gasteiger partial charge in [-0.15, -0.1) is 0 Å². The lowest BCUT2D eigenvalue weighted by molar-refractivity contribution is -0.384. The van der Waals surface area contributed by atoms with Crippen LogP contribution in [0.3, 0.4) is 0 Å². The summed E-state index contributed by atoms with van der Waals surface area (Å²) in [6.45, 7) is 2.30. The molecule has 0 fully saturated rings. The number of sulfonamides is 1. The van der Waals surface area contributed by atoms with Crippen molar-refractivity contribution in [1.82, 2.24) is 4.31 Å². The van der Waals surface area contributed by atoms with Crippen molar-refractivity contribution in [2.75, 3.05) is 38.3 Å². The van der Waals surface area contributed by atoms with Gasteiger partial charge in [0.25, 0.3) is 5.69 Å². The number of rotatable bonds is 8. The molecule has 0 bridgehead atoms. The highest BCUT2D eigenvalue weighted by Gasteiger charge is 2.14. The Bertz CT molecular complexity index is 601. The second kappa shape index (κ2) is 7.23. The minimum absolute atomic E-state index is 0.105. The molecule has 0 aliphatic rings. The van der Waals surface area contributed by atoms with Gasteiger partial charge in [-0.25, -0.2) is 12.7 Å². The van der Waals surface area contributed by atoms with Crippen molar-refractivity contribution in [1.29, 1.82) is 0 Å². The molecule has 9 heteroatoms. The number of nitrogens with one attached hydrogen (secondary N) is 1. The Morgan fingerprint density at radius 3 is 2.52 bits per heavy atom. The third kappa shape index (κ3) is 5.20. The molecule has 0 amide bonds. The van der Waals surface area contributed by atoms with Crippen LogP contribution in [0.2, 0.25) is 0 Å². The maximum absolute atomic E-state index is 11.6. The molecule has 0 radical (unpaired) electrons. The van der Waals surface area contributed by atoms with Crippen molar-refractivity contribution in [3.8, 4) is 5.75 Å². The first-order chi connectivity index (χ1) is 9.76. The maximum Gasteiger partial charge on any atom is 0.275 e. The van der Waals surface area contributed by atoms with Crippen LogP contribution in [-0.4, -0.2) is 50.6 Å². The van der Waals surface area contributed by atoms with Gasteiger partial charge in [-0.3, -0.25) is 10.1 Å². The summed E-state index contributed by atoms with van der Waals surface area (Å²) in [6, 6.07) is 4.26. The van der Waals surface area contributed by atoms with Crippen LogP contribution in [0.4, 0.5) is 11.4 Å². The fourth-order valence-corrected chi connectivity index (χ4v) is 2.27. The predicted octanol–water partition coefficient (Wildman–Crippen LogP) is 1.30. The van der Waals surface area contributed by atoms with Gasteiger partial charge in [-0.2, -0.15) is 0 Å². The molecule has 0 unspecified atom stereocenters. The molecule has 0 saturated heterocycles. The Morgan fingerprint density at radius 2 is 2.00 bits per heavy atom. The molecule has 0 saturated carbocycles. The van der Waals surface area contributed by atoms with Crippen LogP contribution in [-0.2, 0) is 10.0 Å². The van der Waals surface area contributed by atoms with E-state index >= 15 is 0 Å². The zero-order chi connectivity index (χ0) is 16.0. The second-order valence-electron chi connectivity index (χ2n) is 4.43. The number of hydrogen-bond donors (Lipinski definition) is 1. The SMILES string of the molecule is CCOc1cc(NCCS(=O)(=O)N(C)C)cc([N+](=O)[O-])c1. The van der Waals surface area contributed by atoms with Crippen molar-refractivity contribution in [2.45, 2.75) is 6.92 Å². The predicted molar refractivity (Wildman–Crippen MR) is 80.2 cm³/mol. The normalized spacial score (nSPS) is 11.4. The molecule has 0 heterocycles. The summed E-state index contributed by atoms with van der Waals surface area (Å²) in [5.74, 6) is 0.261. The number of nitrogens with zero attached hydrogens (tertiary/aromatic N) is 2. The van der Waals surface area contributed by atoms with E-state index in [4.69, 9.17) is 4.74 Å². The van der Waals surface area contributed by atoms with Gasteiger partial charge < -0.3 is 10.1 Å². The molecule has 0 atom stereocenters. The van der Waals surface area contributed by atoms with Gasteiger partial charge >= 0.3 is 0 Å². The monoisotopic (exact) mass is 317 g/mol. The minimum atomic E-state index is -3.31. The lowest BCUT2D eigenvalue weighted by atomic mass is 10.2. The number of ether oxygens (including phenoxy) is 1. The molecule has 21 heavy (non-hydrogen) atoms. The number of nitro benzene ring substituents is 1. The molecule has 0 aliphatic heterocycles. The fraction of sp³-hybridized carbons (Fsp3) is 0.500. The van der Waals surface area contributed by atoms with Crippen molar-refractivity contribution < 1.29 is 18.1 Å². The summed E-state index contributed by atoms with van der Waals surface area (Å²) < 4.78 is 29.6. The van der Waals surface area contributed by atoms with E-state index < -0.39 is 14.9 Å². The third-order valence-electron chi connectivity index (χ3n) is 2.66. The molecule has 0 aromatic heterocycles. The average molecular weight is 317 g/mol. The number of hydrogen-bond acceptors (Lipinski definition) is 6. The third-order valence-corrected chi connectivity index (χ3v) is 4.49. The van der Waals surface area contributed by atoms with Gasteiger partial charge in [0.05, 0.1) is 23.3 Å². The van der Waals surface area contributed by atoms with Crippen LogP contribution >= 0.6 is 0 Å². The van der Waals surface area contributed by atoms with Crippen LogP contribution in [0.15, 0.2) is 18.2 Å². The van der Waals surface area contributed by atoms with Crippen LogP contribution < -0.4 is 10.1 Å². The quantitative estimate of drug-likeness (QED) is 0.573. The Kier molecular flexibility index (Phi) is 5.91. The molecule has 1 rings (SSSR count). The van der Waals surface area contributed by atoms with E-state index in [-0.39, 0.29) is 18.0 Å². The lowest BCUT2D eigenvalue weighted by Crippen LogP contribution is -2.28. The molecule has 1 aromatic rings. The first-order valence-corrected chi connectivity index (χ1v) is 7.93. The fourth-order valence-electron chi connectivity index (χ4n) is 1.55. The Balaban J connectivity index is 2.81. The molecule has 1 N–H and O–H groups in total. The Labute approximate surface area is 123 Å². The summed E-state index contributed by atoms with van der Waals surface area (Å²) in [5, 5.41) is 13.7. The first kappa shape index (κ1) is 17.2. The van der Waals surface area contributed by atoms with E-state index in [0.717, 1.165) is 4.31 Å². The maximum atomic E-state index is 11.6. The van der Waals surface area contributed by atoms with E-state index in [1.54, 1.807) is 13.0 Å². The van der Waals surface area contributed by atoms with Gasteiger partial charge in [-0.05, 0) is 6.92 Å². The second-order valence-corrected chi connectivity index (χ2v) is 6.73. The number of non-ortho nitro benzene ring substituents is 1. The van der Waals surface area contributed by atoms with E-state index in [1.165, 1.54) is 26.2 Å². The number of benzene rings is 1. The Hall–Kier alpha value is -1.87. The molecular weight excluding hydrogens is 298 g/mol. The highest BCUT2D eigenvalue weighted by Crippen LogP contribution is 2.26. The molecule has 0 aliphatic carbocycles. The van der Waals surface area contributed by atoms with Crippen molar-refractivity contribution in [3.05, 3.63) is 28.3 Å². The highest BCUT2D eigenvalue weighted by molar-refractivity contribution is 7.89. The molecule has 0 spiro atoms. The van der Waals surface area contributed by atoms with Gasteiger partial charge in [0.2, 0.25) is 10.0 Å². The van der Waals surface area contributed by atoms with Gasteiger partial charge in [0.1, 0.15) is 5.75 Å². The Morgan fingerprint density at radius 1 is 1.33 bits per heavy atom. The topological polar surface area (TPSA) is 102 Å². The average Bonchev–Trinajstić information content (AvgIpc) is 2.38. The summed E-state index contributed by atoms with van der Waals surface area (Å²) in [7, 11) is -0.401. The van der Waals surface area contributed by atoms with Gasteiger partial charge in [0, 0.05) is 38.5 Å². The molecule has 1 aromatic carbocycles. The van der Waals surface area contributed by atoms with E-state index in [2.05, 4.69) is 5.32 Å². The molecule has 118 valence electrons. The lowest BCUT2D eigenvalue weighted by Gasteiger charge is -2.12. The highest BCUT2D eigenvalue weighted by atomic mass is 32.2. The summed E-state index contributed by atoms with van der Waals surface area (Å²) in [4.78, 5) is 10.3. The summed E-state index contributed by atoms with van der Waals surface area (Å²) in [6.07, 6.45) is 0. The van der Waals surface area contributed by atoms with E-state index in [0.29, 0.717) is 18.0 Å². The zero-order valence-electron chi connectivity index (χ0n) is 12.2. The smallest absolute Gasteiger partial charge is 0.275 e. The minimum Gasteiger partial charge on any atom is -0.494 e. The standard InChI is InChI=1S/C12H19N3O5S/c1-4-20-12-8-10(7-11(9-12)15(16)17)13-5-6-21(18,19)14(2)3/h7-9,13H,4-6H2,1-3H3. The number of anilines is 1. The molecular formula is C12H19N3O5S. The first-order valence-electron chi connectivity index (χ1n) is 6.32. The van der Waals surface area contributed by atoms with Crippen LogP contribution in [0, 0.1) is 10.1 Å². The van der Waals surface area contributed by atoms with Crippen LogP contribution in [0.5, 0.6) is 5.75 Å². The van der Waals surface area contributed by atoms with E-state index in [1.807, 2.05) is 0 Å². The summed E-state index contributed by atoms with van der Waals surface area (Å²) >= 11 is 0. The van der Waals surface area contributed by atoms with Crippen molar-refractivity contribution in [2.24, 2.45) is 0 Å².